The molecule has 0 saturated heterocycles. The Labute approximate surface area is 96.7 Å². The Morgan fingerprint density at radius 3 is 2.69 bits per heavy atom. The van der Waals surface area contributed by atoms with Gasteiger partial charge in [0.2, 0.25) is 5.78 Å². The average Bonchev–Trinajstić information content (AvgIpc) is 2.28. The molecule has 16 heavy (non-hydrogen) atoms. The molecular formula is C12H7ClFNO. The van der Waals surface area contributed by atoms with Crippen molar-refractivity contribution in [2.75, 3.05) is 0 Å². The standard InChI is InChI=1S/C12H7ClFNO/c13-9-5-8(6-10(14)7-9)12(16)11-3-1-2-4-15-11/h1-7H. The van der Waals surface area contributed by atoms with Gasteiger partial charge in [-0.1, -0.05) is 17.7 Å². The van der Waals surface area contributed by atoms with Crippen molar-refractivity contribution in [1.29, 1.82) is 0 Å². The normalized spacial score (nSPS) is 10.1. The fraction of sp³-hybridized carbons (Fsp3) is 0. The number of pyridine rings is 1. The van der Waals surface area contributed by atoms with E-state index < -0.39 is 5.82 Å². The Hall–Kier alpha value is -1.74. The van der Waals surface area contributed by atoms with Crippen molar-refractivity contribution in [2.45, 2.75) is 0 Å². The van der Waals surface area contributed by atoms with Gasteiger partial charge >= 0.3 is 0 Å². The first-order chi connectivity index (χ1) is 7.66. The number of ketones is 1. The molecular weight excluding hydrogens is 229 g/mol. The smallest absolute Gasteiger partial charge is 0.211 e. The van der Waals surface area contributed by atoms with Crippen molar-refractivity contribution in [2.24, 2.45) is 0 Å². The van der Waals surface area contributed by atoms with Crippen LogP contribution in [0.5, 0.6) is 0 Å². The average molecular weight is 236 g/mol. The number of aromatic nitrogens is 1. The number of hydrogen-bond donors (Lipinski definition) is 0. The van der Waals surface area contributed by atoms with Crippen LogP contribution >= 0.6 is 11.6 Å². The van der Waals surface area contributed by atoms with Crippen molar-refractivity contribution < 1.29 is 9.18 Å². The van der Waals surface area contributed by atoms with Gasteiger partial charge in [0.25, 0.3) is 0 Å². The van der Waals surface area contributed by atoms with Crippen LogP contribution in [0.3, 0.4) is 0 Å². The molecule has 80 valence electrons. The Morgan fingerprint density at radius 1 is 1.25 bits per heavy atom. The summed E-state index contributed by atoms with van der Waals surface area (Å²) in [4.78, 5) is 15.8. The molecule has 1 aromatic heterocycles. The van der Waals surface area contributed by atoms with Crippen LogP contribution in [0.15, 0.2) is 42.6 Å². The number of rotatable bonds is 2. The summed E-state index contributed by atoms with van der Waals surface area (Å²) in [5, 5.41) is 0.194. The molecule has 0 saturated carbocycles. The summed E-state index contributed by atoms with van der Waals surface area (Å²) < 4.78 is 13.0. The van der Waals surface area contributed by atoms with E-state index in [1.165, 1.54) is 12.3 Å². The Bertz CT molecular complexity index is 508. The zero-order valence-electron chi connectivity index (χ0n) is 8.15. The number of nitrogens with zero attached hydrogens (tertiary/aromatic N) is 1. The molecule has 1 heterocycles. The first kappa shape index (κ1) is 10.8. The maximum atomic E-state index is 13.0. The number of hydrogen-bond acceptors (Lipinski definition) is 2. The lowest BCUT2D eigenvalue weighted by atomic mass is 10.1. The van der Waals surface area contributed by atoms with Gasteiger partial charge in [-0.15, -0.1) is 0 Å². The van der Waals surface area contributed by atoms with Crippen LogP contribution in [0.1, 0.15) is 16.1 Å². The van der Waals surface area contributed by atoms with E-state index >= 15 is 0 Å². The van der Waals surface area contributed by atoms with Gasteiger partial charge in [-0.2, -0.15) is 0 Å². The maximum Gasteiger partial charge on any atom is 0.211 e. The van der Waals surface area contributed by atoms with Crippen molar-refractivity contribution in [3.8, 4) is 0 Å². The molecule has 4 heteroatoms. The highest BCUT2D eigenvalue weighted by Gasteiger charge is 2.11. The third-order valence-corrected chi connectivity index (χ3v) is 2.24. The summed E-state index contributed by atoms with van der Waals surface area (Å²) in [5.74, 6) is -0.881. The van der Waals surface area contributed by atoms with E-state index in [2.05, 4.69) is 4.98 Å². The molecule has 0 unspecified atom stereocenters. The van der Waals surface area contributed by atoms with Gasteiger partial charge in [-0.05, 0) is 30.3 Å². The minimum absolute atomic E-state index is 0.194. The van der Waals surface area contributed by atoms with Gasteiger partial charge in [0.05, 0.1) is 0 Å². The fourth-order valence-electron chi connectivity index (χ4n) is 1.33. The quantitative estimate of drug-likeness (QED) is 0.749. The van der Waals surface area contributed by atoms with Crippen LogP contribution in [0.4, 0.5) is 4.39 Å². The highest BCUT2D eigenvalue weighted by atomic mass is 35.5. The minimum Gasteiger partial charge on any atom is -0.287 e. The van der Waals surface area contributed by atoms with Gasteiger partial charge in [-0.3, -0.25) is 9.78 Å². The number of carbonyl (C=O) groups is 1. The molecule has 0 aliphatic rings. The van der Waals surface area contributed by atoms with Gasteiger partial charge in [-0.25, -0.2) is 4.39 Å². The Morgan fingerprint density at radius 2 is 2.06 bits per heavy atom. The van der Waals surface area contributed by atoms with Crippen LogP contribution in [-0.4, -0.2) is 10.8 Å². The van der Waals surface area contributed by atoms with Crippen LogP contribution < -0.4 is 0 Å². The Kier molecular flexibility index (Phi) is 2.97. The molecule has 2 aromatic rings. The van der Waals surface area contributed by atoms with Crippen LogP contribution in [0.2, 0.25) is 5.02 Å². The monoisotopic (exact) mass is 235 g/mol. The van der Waals surface area contributed by atoms with E-state index in [1.54, 1.807) is 18.2 Å². The second kappa shape index (κ2) is 4.41. The zero-order valence-corrected chi connectivity index (χ0v) is 8.91. The first-order valence-electron chi connectivity index (χ1n) is 4.58. The molecule has 0 spiro atoms. The molecule has 0 aliphatic carbocycles. The van der Waals surface area contributed by atoms with Gasteiger partial charge in [0.1, 0.15) is 11.5 Å². The lowest BCUT2D eigenvalue weighted by molar-refractivity contribution is 0.103. The second-order valence-electron chi connectivity index (χ2n) is 3.20. The zero-order chi connectivity index (χ0) is 11.5. The maximum absolute atomic E-state index is 13.0. The predicted molar refractivity (Wildman–Crippen MR) is 59.1 cm³/mol. The van der Waals surface area contributed by atoms with E-state index in [0.717, 1.165) is 12.1 Å². The van der Waals surface area contributed by atoms with Crippen molar-refractivity contribution >= 4 is 17.4 Å². The van der Waals surface area contributed by atoms with Crippen molar-refractivity contribution in [1.82, 2.24) is 4.98 Å². The van der Waals surface area contributed by atoms with E-state index in [4.69, 9.17) is 11.6 Å². The number of carbonyl (C=O) groups excluding carboxylic acids is 1. The van der Waals surface area contributed by atoms with Gasteiger partial charge in [0.15, 0.2) is 0 Å². The molecule has 0 bridgehead atoms. The lowest BCUT2D eigenvalue weighted by Crippen LogP contribution is -2.03. The second-order valence-corrected chi connectivity index (χ2v) is 3.64. The summed E-state index contributed by atoms with van der Waals surface area (Å²) in [6.07, 6.45) is 1.51. The third kappa shape index (κ3) is 2.25. The first-order valence-corrected chi connectivity index (χ1v) is 4.96. The van der Waals surface area contributed by atoms with Crippen molar-refractivity contribution in [3.05, 3.63) is 64.7 Å². The SMILES string of the molecule is O=C(c1cc(F)cc(Cl)c1)c1ccccn1. The van der Waals surface area contributed by atoms with Crippen molar-refractivity contribution in [3.63, 3.8) is 0 Å². The molecule has 0 amide bonds. The molecule has 1 aromatic carbocycles. The third-order valence-electron chi connectivity index (χ3n) is 2.02. The summed E-state index contributed by atoms with van der Waals surface area (Å²) in [6.45, 7) is 0. The molecule has 2 rings (SSSR count). The molecule has 0 radical (unpaired) electrons. The minimum atomic E-state index is -0.535. The Balaban J connectivity index is 2.42. The predicted octanol–water partition coefficient (Wildman–Crippen LogP) is 3.11. The van der Waals surface area contributed by atoms with Gasteiger partial charge < -0.3 is 0 Å². The van der Waals surface area contributed by atoms with E-state index in [1.807, 2.05) is 0 Å². The number of benzene rings is 1. The summed E-state index contributed by atoms with van der Waals surface area (Å²) in [5.41, 5.74) is 0.466. The molecule has 0 atom stereocenters. The van der Waals surface area contributed by atoms with Crippen LogP contribution in [-0.2, 0) is 0 Å². The van der Waals surface area contributed by atoms with Crippen LogP contribution in [0, 0.1) is 5.82 Å². The van der Waals surface area contributed by atoms with E-state index in [9.17, 15) is 9.18 Å². The summed E-state index contributed by atoms with van der Waals surface area (Å²) in [6, 6.07) is 8.68. The largest absolute Gasteiger partial charge is 0.287 e. The van der Waals surface area contributed by atoms with Gasteiger partial charge in [0, 0.05) is 16.8 Å². The lowest BCUT2D eigenvalue weighted by Gasteiger charge is -2.01. The van der Waals surface area contributed by atoms with Crippen LogP contribution in [0.25, 0.3) is 0 Å². The van der Waals surface area contributed by atoms with E-state index in [0.29, 0.717) is 0 Å². The fourth-order valence-corrected chi connectivity index (χ4v) is 1.55. The molecule has 0 fully saturated rings. The molecule has 2 nitrogen and oxygen atoms in total. The highest BCUT2D eigenvalue weighted by Crippen LogP contribution is 2.16. The highest BCUT2D eigenvalue weighted by molar-refractivity contribution is 6.31. The number of halogens is 2. The molecule has 0 aliphatic heterocycles. The summed E-state index contributed by atoms with van der Waals surface area (Å²) in [7, 11) is 0. The topological polar surface area (TPSA) is 30.0 Å². The van der Waals surface area contributed by atoms with E-state index in [-0.39, 0.29) is 22.1 Å². The molecule has 0 N–H and O–H groups in total. The summed E-state index contributed by atoms with van der Waals surface area (Å²) >= 11 is 5.67.